The van der Waals surface area contributed by atoms with Crippen molar-refractivity contribution in [3.05, 3.63) is 0 Å². The lowest BCUT2D eigenvalue weighted by atomic mass is 9.99. The molecule has 0 radical (unpaired) electrons. The van der Waals surface area contributed by atoms with Crippen molar-refractivity contribution < 1.29 is 5.11 Å². The van der Waals surface area contributed by atoms with Gasteiger partial charge in [-0.1, -0.05) is 12.8 Å². The van der Waals surface area contributed by atoms with Crippen LogP contribution >= 0.6 is 0 Å². The fourth-order valence-corrected chi connectivity index (χ4v) is 2.94. The van der Waals surface area contributed by atoms with Crippen molar-refractivity contribution >= 4 is 0 Å². The van der Waals surface area contributed by atoms with E-state index in [-0.39, 0.29) is 0 Å². The molecule has 1 heterocycles. The minimum atomic E-state index is -0.475. The Labute approximate surface area is 86.3 Å². The number of hydrogen-bond acceptors (Lipinski definition) is 3. The molecule has 14 heavy (non-hydrogen) atoms. The predicted octanol–water partition coefficient (Wildman–Crippen LogP) is 0.715. The van der Waals surface area contributed by atoms with Gasteiger partial charge in [0.15, 0.2) is 0 Å². The molecule has 3 N–H and O–H groups in total. The Kier molecular flexibility index (Phi) is 3.10. The highest BCUT2D eigenvalue weighted by Gasteiger charge is 2.38. The maximum atomic E-state index is 10.2. The molecule has 1 atom stereocenters. The monoisotopic (exact) mass is 198 g/mol. The van der Waals surface area contributed by atoms with Crippen LogP contribution < -0.4 is 5.73 Å². The van der Waals surface area contributed by atoms with Crippen LogP contribution in [0, 0.1) is 0 Å². The minimum absolute atomic E-state index is 0.475. The molecule has 0 bridgehead atoms. The summed E-state index contributed by atoms with van der Waals surface area (Å²) in [6.07, 6.45) is 7.08. The van der Waals surface area contributed by atoms with Crippen LogP contribution in [0.2, 0.25) is 0 Å². The second-order valence-corrected chi connectivity index (χ2v) is 4.92. The third kappa shape index (κ3) is 2.10. The summed E-state index contributed by atoms with van der Waals surface area (Å²) in [6, 6.07) is 0.752. The maximum absolute atomic E-state index is 10.2. The third-order valence-corrected chi connectivity index (χ3v) is 3.81. The van der Waals surface area contributed by atoms with Crippen LogP contribution in [-0.4, -0.2) is 41.3 Å². The molecule has 2 rings (SSSR count). The topological polar surface area (TPSA) is 49.5 Å². The van der Waals surface area contributed by atoms with Gasteiger partial charge in [-0.3, -0.25) is 4.90 Å². The van der Waals surface area contributed by atoms with Crippen LogP contribution in [0.25, 0.3) is 0 Å². The number of β-amino-alcohol motifs (C(OH)–C–C–N with tert-alkyl or cyclic N) is 1. The van der Waals surface area contributed by atoms with E-state index in [9.17, 15) is 5.11 Å². The molecule has 3 heteroatoms. The molecule has 0 aromatic carbocycles. The lowest BCUT2D eigenvalue weighted by Crippen LogP contribution is -2.38. The number of nitrogens with zero attached hydrogens (tertiary/aromatic N) is 1. The summed E-state index contributed by atoms with van der Waals surface area (Å²) in [4.78, 5) is 2.47. The molecule has 82 valence electrons. The SMILES string of the molecule is NCCC1(O)CCN(C2CCCC2)C1. The number of aliphatic hydroxyl groups is 1. The van der Waals surface area contributed by atoms with E-state index in [1.807, 2.05) is 0 Å². The van der Waals surface area contributed by atoms with Crippen LogP contribution in [-0.2, 0) is 0 Å². The molecule has 2 fully saturated rings. The maximum Gasteiger partial charge on any atom is 0.0798 e. The lowest BCUT2D eigenvalue weighted by Gasteiger charge is -2.26. The molecule has 0 amide bonds. The van der Waals surface area contributed by atoms with Crippen molar-refractivity contribution in [1.82, 2.24) is 4.90 Å². The standard InChI is InChI=1S/C11H22N2O/c12-7-5-11(14)6-8-13(9-11)10-3-1-2-4-10/h10,14H,1-9,12H2. The minimum Gasteiger partial charge on any atom is -0.388 e. The van der Waals surface area contributed by atoms with Gasteiger partial charge in [-0.25, -0.2) is 0 Å². The van der Waals surface area contributed by atoms with E-state index in [1.54, 1.807) is 0 Å². The van der Waals surface area contributed by atoms with Gasteiger partial charge in [0.25, 0.3) is 0 Å². The van der Waals surface area contributed by atoms with E-state index >= 15 is 0 Å². The van der Waals surface area contributed by atoms with E-state index in [0.717, 1.165) is 32.0 Å². The molecule has 2 aliphatic rings. The molecule has 0 spiro atoms. The fourth-order valence-electron chi connectivity index (χ4n) is 2.94. The van der Waals surface area contributed by atoms with Gasteiger partial charge in [-0.15, -0.1) is 0 Å². The Balaban J connectivity index is 1.86. The van der Waals surface area contributed by atoms with Crippen LogP contribution in [0.3, 0.4) is 0 Å². The Hall–Kier alpha value is -0.120. The fraction of sp³-hybridized carbons (Fsp3) is 1.00. The average Bonchev–Trinajstić information content (AvgIpc) is 2.73. The molecule has 1 saturated heterocycles. The molecular weight excluding hydrogens is 176 g/mol. The normalized spacial score (nSPS) is 35.6. The predicted molar refractivity (Wildman–Crippen MR) is 57.1 cm³/mol. The van der Waals surface area contributed by atoms with Crippen LogP contribution in [0.1, 0.15) is 38.5 Å². The molecular formula is C11H22N2O. The van der Waals surface area contributed by atoms with Crippen molar-refractivity contribution in [2.75, 3.05) is 19.6 Å². The zero-order valence-corrected chi connectivity index (χ0v) is 8.91. The Morgan fingerprint density at radius 2 is 2.07 bits per heavy atom. The number of hydrogen-bond donors (Lipinski definition) is 2. The summed E-state index contributed by atoms with van der Waals surface area (Å²) in [5.41, 5.74) is 5.04. The highest BCUT2D eigenvalue weighted by atomic mass is 16.3. The van der Waals surface area contributed by atoms with Gasteiger partial charge in [-0.05, 0) is 32.2 Å². The van der Waals surface area contributed by atoms with Gasteiger partial charge < -0.3 is 10.8 Å². The first-order valence-corrected chi connectivity index (χ1v) is 5.90. The summed E-state index contributed by atoms with van der Waals surface area (Å²) in [5.74, 6) is 0. The highest BCUT2D eigenvalue weighted by Crippen LogP contribution is 2.31. The van der Waals surface area contributed by atoms with Gasteiger partial charge in [0.05, 0.1) is 5.60 Å². The molecule has 3 nitrogen and oxygen atoms in total. The van der Waals surface area contributed by atoms with Gasteiger partial charge in [0, 0.05) is 19.1 Å². The van der Waals surface area contributed by atoms with Crippen molar-refractivity contribution in [2.24, 2.45) is 5.73 Å². The van der Waals surface area contributed by atoms with Crippen LogP contribution in [0.4, 0.5) is 0 Å². The van der Waals surface area contributed by atoms with E-state index in [0.29, 0.717) is 6.54 Å². The lowest BCUT2D eigenvalue weighted by molar-refractivity contribution is 0.0380. The zero-order chi connectivity index (χ0) is 10.0. The quantitative estimate of drug-likeness (QED) is 0.702. The van der Waals surface area contributed by atoms with Crippen LogP contribution in [0.15, 0.2) is 0 Å². The molecule has 0 aromatic rings. The first-order valence-electron chi connectivity index (χ1n) is 5.90. The van der Waals surface area contributed by atoms with E-state index < -0.39 is 5.60 Å². The highest BCUT2D eigenvalue weighted by molar-refractivity contribution is 4.93. The smallest absolute Gasteiger partial charge is 0.0798 e. The Bertz CT molecular complexity index is 192. The number of likely N-dealkylation sites (tertiary alicyclic amines) is 1. The first kappa shape index (κ1) is 10.4. The number of rotatable bonds is 3. The van der Waals surface area contributed by atoms with Crippen molar-refractivity contribution in [3.8, 4) is 0 Å². The third-order valence-electron chi connectivity index (χ3n) is 3.81. The summed E-state index contributed by atoms with van der Waals surface area (Å²) in [5, 5.41) is 10.2. The van der Waals surface area contributed by atoms with Gasteiger partial charge in [0.1, 0.15) is 0 Å². The molecule has 0 aromatic heterocycles. The zero-order valence-electron chi connectivity index (χ0n) is 8.91. The summed E-state index contributed by atoms with van der Waals surface area (Å²) in [6.45, 7) is 2.53. The van der Waals surface area contributed by atoms with Crippen molar-refractivity contribution in [2.45, 2.75) is 50.2 Å². The Morgan fingerprint density at radius 3 is 2.71 bits per heavy atom. The molecule has 1 aliphatic carbocycles. The number of nitrogens with two attached hydrogens (primary N) is 1. The van der Waals surface area contributed by atoms with Gasteiger partial charge >= 0.3 is 0 Å². The van der Waals surface area contributed by atoms with Crippen molar-refractivity contribution in [1.29, 1.82) is 0 Å². The summed E-state index contributed by atoms with van der Waals surface area (Å²) >= 11 is 0. The second kappa shape index (κ2) is 4.17. The van der Waals surface area contributed by atoms with Gasteiger partial charge in [0.2, 0.25) is 0 Å². The second-order valence-electron chi connectivity index (χ2n) is 4.92. The first-order chi connectivity index (χ1) is 6.73. The largest absolute Gasteiger partial charge is 0.388 e. The van der Waals surface area contributed by atoms with E-state index in [4.69, 9.17) is 5.73 Å². The van der Waals surface area contributed by atoms with Gasteiger partial charge in [-0.2, -0.15) is 0 Å². The van der Waals surface area contributed by atoms with Crippen LogP contribution in [0.5, 0.6) is 0 Å². The average molecular weight is 198 g/mol. The molecule has 1 aliphatic heterocycles. The van der Waals surface area contributed by atoms with E-state index in [1.165, 1.54) is 25.7 Å². The molecule has 1 saturated carbocycles. The Morgan fingerprint density at radius 1 is 1.36 bits per heavy atom. The summed E-state index contributed by atoms with van der Waals surface area (Å²) in [7, 11) is 0. The molecule has 1 unspecified atom stereocenters. The summed E-state index contributed by atoms with van der Waals surface area (Å²) < 4.78 is 0. The van der Waals surface area contributed by atoms with E-state index in [2.05, 4.69) is 4.90 Å². The van der Waals surface area contributed by atoms with Crippen molar-refractivity contribution in [3.63, 3.8) is 0 Å².